The second-order valence-corrected chi connectivity index (χ2v) is 8.72. The van der Waals surface area contributed by atoms with E-state index >= 15 is 0 Å². The van der Waals surface area contributed by atoms with E-state index in [0.29, 0.717) is 40.6 Å². The van der Waals surface area contributed by atoms with Gasteiger partial charge in [-0.1, -0.05) is 23.2 Å². The van der Waals surface area contributed by atoms with E-state index in [0.717, 1.165) is 47.0 Å². The highest BCUT2D eigenvalue weighted by atomic mass is 35.5. The van der Waals surface area contributed by atoms with Crippen LogP contribution in [0.1, 0.15) is 34.7 Å². The number of fused-ring (bicyclic) bond motifs is 4. The van der Waals surface area contributed by atoms with Gasteiger partial charge in [-0.2, -0.15) is 0 Å². The number of nitrogens with zero attached hydrogens (tertiary/aromatic N) is 1. The summed E-state index contributed by atoms with van der Waals surface area (Å²) < 4.78 is 11.1. The molecule has 5 rings (SSSR count). The molecule has 0 bridgehead atoms. The van der Waals surface area contributed by atoms with Crippen LogP contribution in [0.5, 0.6) is 11.5 Å². The van der Waals surface area contributed by atoms with Crippen LogP contribution in [0.25, 0.3) is 21.3 Å². The minimum absolute atomic E-state index is 0.133. The van der Waals surface area contributed by atoms with Crippen molar-refractivity contribution < 1.29 is 9.47 Å². The van der Waals surface area contributed by atoms with Crippen LogP contribution in [0.3, 0.4) is 0 Å². The van der Waals surface area contributed by atoms with Crippen molar-refractivity contribution in [3.63, 3.8) is 0 Å². The number of aryl methyl sites for hydroxylation is 2. The summed E-state index contributed by atoms with van der Waals surface area (Å²) >= 11 is 14.4. The first-order valence-electron chi connectivity index (χ1n) is 9.11. The number of halogens is 2. The van der Waals surface area contributed by atoms with Crippen LogP contribution in [-0.4, -0.2) is 23.2 Å². The maximum Gasteiger partial charge on any atom is 0.260 e. The van der Waals surface area contributed by atoms with Crippen molar-refractivity contribution in [3.05, 3.63) is 49.3 Å². The largest absolute Gasteiger partial charge is 0.486 e. The predicted molar refractivity (Wildman–Crippen MR) is 113 cm³/mol. The first-order chi connectivity index (χ1) is 13.6. The molecule has 1 N–H and O–H groups in total. The third-order valence-corrected chi connectivity index (χ3v) is 6.72. The molecule has 1 aromatic carbocycles. The monoisotopic (exact) mass is 434 g/mol. The smallest absolute Gasteiger partial charge is 0.260 e. The Bertz CT molecular complexity index is 1180. The molecule has 0 unspecified atom stereocenters. The summed E-state index contributed by atoms with van der Waals surface area (Å²) in [5, 5.41) is 1.50. The maximum absolute atomic E-state index is 12.7. The predicted octanol–water partition coefficient (Wildman–Crippen LogP) is 5.02. The van der Waals surface area contributed by atoms with Crippen LogP contribution in [0.4, 0.5) is 0 Å². The highest BCUT2D eigenvalue weighted by molar-refractivity contribution is 7.18. The standard InChI is InChI=1S/C20H16Cl2N2O3S/c21-12-7-10(9-14-17(12)27-6-5-26-14)8-13(22)18-23-19(25)16-11-3-1-2-4-15(11)28-20(16)24-18/h7-9H,1-6H2,(H,23,24,25)/b13-8-. The average molecular weight is 435 g/mol. The number of ether oxygens (including phenoxy) is 2. The first kappa shape index (κ1) is 18.0. The number of rotatable bonds is 2. The zero-order valence-electron chi connectivity index (χ0n) is 14.8. The van der Waals surface area contributed by atoms with E-state index in [1.54, 1.807) is 23.5 Å². The molecule has 2 aliphatic rings. The number of benzene rings is 1. The van der Waals surface area contributed by atoms with Crippen molar-refractivity contribution in [2.24, 2.45) is 0 Å². The molecular formula is C20H16Cl2N2O3S. The molecule has 5 nitrogen and oxygen atoms in total. The van der Waals surface area contributed by atoms with Gasteiger partial charge in [-0.05, 0) is 55.0 Å². The van der Waals surface area contributed by atoms with Crippen molar-refractivity contribution in [2.75, 3.05) is 13.2 Å². The fraction of sp³-hybridized carbons (Fsp3) is 0.300. The summed E-state index contributed by atoms with van der Waals surface area (Å²) in [6.45, 7) is 0.942. The lowest BCUT2D eigenvalue weighted by Gasteiger charge is -2.19. The molecule has 28 heavy (non-hydrogen) atoms. The molecule has 1 aliphatic carbocycles. The summed E-state index contributed by atoms with van der Waals surface area (Å²) in [4.78, 5) is 22.2. The lowest BCUT2D eigenvalue weighted by molar-refractivity contribution is 0.171. The molecule has 0 radical (unpaired) electrons. The van der Waals surface area contributed by atoms with Gasteiger partial charge in [0.2, 0.25) is 0 Å². The van der Waals surface area contributed by atoms with Crippen LogP contribution in [0, 0.1) is 0 Å². The van der Waals surface area contributed by atoms with Gasteiger partial charge in [-0.3, -0.25) is 4.79 Å². The van der Waals surface area contributed by atoms with Crippen LogP contribution in [0.2, 0.25) is 5.02 Å². The Kier molecular flexibility index (Phi) is 4.57. The van der Waals surface area contributed by atoms with E-state index in [1.165, 1.54) is 4.88 Å². The second kappa shape index (κ2) is 7.10. The zero-order valence-corrected chi connectivity index (χ0v) is 17.1. The number of H-pyrrole nitrogens is 1. The fourth-order valence-electron chi connectivity index (χ4n) is 3.71. The molecule has 0 saturated heterocycles. The van der Waals surface area contributed by atoms with Gasteiger partial charge in [0.1, 0.15) is 18.0 Å². The Hall–Kier alpha value is -2.02. The van der Waals surface area contributed by atoms with E-state index < -0.39 is 0 Å². The van der Waals surface area contributed by atoms with Crippen LogP contribution in [0.15, 0.2) is 16.9 Å². The van der Waals surface area contributed by atoms with Gasteiger partial charge < -0.3 is 14.5 Å². The molecule has 3 heterocycles. The first-order valence-corrected chi connectivity index (χ1v) is 10.7. The molecule has 0 atom stereocenters. The van der Waals surface area contributed by atoms with Gasteiger partial charge in [0, 0.05) is 4.88 Å². The zero-order chi connectivity index (χ0) is 19.3. The highest BCUT2D eigenvalue weighted by Crippen LogP contribution is 2.39. The van der Waals surface area contributed by atoms with E-state index in [2.05, 4.69) is 9.97 Å². The Labute approximate surface area is 174 Å². The molecule has 0 saturated carbocycles. The van der Waals surface area contributed by atoms with Gasteiger partial charge >= 0.3 is 0 Å². The van der Waals surface area contributed by atoms with Crippen LogP contribution < -0.4 is 15.0 Å². The third kappa shape index (κ3) is 3.09. The molecule has 0 amide bonds. The van der Waals surface area contributed by atoms with E-state index in [4.69, 9.17) is 32.7 Å². The molecular weight excluding hydrogens is 419 g/mol. The molecule has 0 fully saturated rings. The summed E-state index contributed by atoms with van der Waals surface area (Å²) in [5.41, 5.74) is 1.77. The number of nitrogens with one attached hydrogen (secondary N) is 1. The SMILES string of the molecule is O=c1[nH]c(/C(Cl)=C/c2cc(Cl)c3c(c2)OCCO3)nc2sc3c(c12)CCCC3. The molecule has 3 aromatic rings. The number of hydrogen-bond acceptors (Lipinski definition) is 5. The summed E-state index contributed by atoms with van der Waals surface area (Å²) in [5.74, 6) is 1.47. The van der Waals surface area contributed by atoms with Crippen molar-refractivity contribution in [1.82, 2.24) is 9.97 Å². The lowest BCUT2D eigenvalue weighted by atomic mass is 9.97. The normalized spacial score (nSPS) is 16.3. The lowest BCUT2D eigenvalue weighted by Crippen LogP contribution is -2.15. The molecule has 8 heteroatoms. The Balaban J connectivity index is 1.56. The van der Waals surface area contributed by atoms with Gasteiger partial charge in [0.15, 0.2) is 17.3 Å². The van der Waals surface area contributed by atoms with Crippen molar-refractivity contribution in [2.45, 2.75) is 25.7 Å². The minimum atomic E-state index is -0.133. The Morgan fingerprint density at radius 3 is 2.93 bits per heavy atom. The average Bonchev–Trinajstić information content (AvgIpc) is 3.07. The molecule has 0 spiro atoms. The topological polar surface area (TPSA) is 64.2 Å². The van der Waals surface area contributed by atoms with E-state index in [9.17, 15) is 4.79 Å². The quantitative estimate of drug-likeness (QED) is 0.614. The van der Waals surface area contributed by atoms with Gasteiger partial charge in [0.05, 0.1) is 15.4 Å². The maximum atomic E-state index is 12.7. The van der Waals surface area contributed by atoms with Crippen molar-refractivity contribution >= 4 is 55.9 Å². The number of hydrogen-bond donors (Lipinski definition) is 1. The molecule has 2 aromatic heterocycles. The summed E-state index contributed by atoms with van der Waals surface area (Å²) in [6.07, 6.45) is 5.95. The molecule has 144 valence electrons. The van der Waals surface area contributed by atoms with Gasteiger partial charge in [-0.15, -0.1) is 11.3 Å². The van der Waals surface area contributed by atoms with E-state index in [1.807, 2.05) is 6.07 Å². The van der Waals surface area contributed by atoms with E-state index in [-0.39, 0.29) is 5.56 Å². The number of aromatic nitrogens is 2. The minimum Gasteiger partial charge on any atom is -0.486 e. The van der Waals surface area contributed by atoms with Crippen molar-refractivity contribution in [1.29, 1.82) is 0 Å². The third-order valence-electron chi connectivity index (χ3n) is 4.96. The Morgan fingerprint density at radius 1 is 1.21 bits per heavy atom. The highest BCUT2D eigenvalue weighted by Gasteiger charge is 2.21. The second-order valence-electron chi connectivity index (χ2n) is 6.82. The number of thiophene rings is 1. The Morgan fingerprint density at radius 2 is 2.04 bits per heavy atom. The fourth-order valence-corrected chi connectivity index (χ4v) is 5.46. The van der Waals surface area contributed by atoms with Crippen molar-refractivity contribution in [3.8, 4) is 11.5 Å². The molecule has 1 aliphatic heterocycles. The van der Waals surface area contributed by atoms with Gasteiger partial charge in [-0.25, -0.2) is 4.98 Å². The number of aromatic amines is 1. The summed E-state index contributed by atoms with van der Waals surface area (Å²) in [6, 6.07) is 3.56. The van der Waals surface area contributed by atoms with Crippen LogP contribution >= 0.6 is 34.5 Å². The van der Waals surface area contributed by atoms with Crippen LogP contribution in [-0.2, 0) is 12.8 Å². The van der Waals surface area contributed by atoms with Gasteiger partial charge in [0.25, 0.3) is 5.56 Å². The summed E-state index contributed by atoms with van der Waals surface area (Å²) in [7, 11) is 0.